The Balaban J connectivity index is 0. The first-order chi connectivity index (χ1) is 0. The molecule has 0 aliphatic heterocycles. The molecule has 0 N–H and O–H groups in total. The van der Waals surface area contributed by atoms with Crippen molar-refractivity contribution in [3.05, 3.63) is 0 Å². The maximum Gasteiger partial charge on any atom is 2.00 e. The van der Waals surface area contributed by atoms with Crippen molar-refractivity contribution in [1.29, 1.82) is 0 Å². The van der Waals surface area contributed by atoms with Crippen LogP contribution in [0.2, 0.25) is 0 Å². The normalized spacial score (nSPS) is 0. The van der Waals surface area contributed by atoms with Gasteiger partial charge in [0.2, 0.25) is 0 Å². The summed E-state index contributed by atoms with van der Waals surface area (Å²) in [6.07, 6.45) is 0. The van der Waals surface area contributed by atoms with Crippen LogP contribution in [0.4, 0.5) is 0 Å². The Kier molecular flexibility index (Phi) is 54300. The van der Waals surface area contributed by atoms with Crippen LogP contribution >= 0.6 is 0 Å². The Morgan fingerprint density at radius 2 is 0.0167 bits per heavy atom. The molecule has 0 fully saturated rings. The van der Waals surface area contributed by atoms with E-state index in [4.69, 9.17) is 0 Å². The number of halogens is 100. The number of hydrogen-bond acceptors (Lipinski definition) is 0. The molecule has 0 unspecified atom stereocenters. The van der Waals surface area contributed by atoms with Crippen LogP contribution in [0.15, 0.2) is 0 Å². The second-order valence-electron chi connectivity index (χ2n) is 0. The topological polar surface area (TPSA) is 0 Å². The summed E-state index contributed by atoms with van der Waals surface area (Å²) in [5.41, 5.74) is 0. The third-order valence-electron chi connectivity index (χ3n) is 0. The van der Waals surface area contributed by atoms with E-state index in [-0.39, 0.29) is 1580 Å². The molecule has 120 heavy (non-hydrogen) atoms. The van der Waals surface area contributed by atoms with E-state index in [9.17, 15) is 0 Å². The molecule has 0 spiro atoms. The van der Waals surface area contributed by atoms with Gasteiger partial charge in [-0.15, -0.1) is 0 Å². The van der Waals surface area contributed by atoms with Gasteiger partial charge in [0.1, 0.15) is 0 Å². The van der Waals surface area contributed by atoms with Crippen LogP contribution in [0.3, 0.4) is 0 Å². The molecule has 0 aromatic carbocycles. The Bertz CT molecular complexity index is 78.0. The first-order valence-electron chi connectivity index (χ1n) is 0. The second-order valence-corrected chi connectivity index (χ2v) is 0. The van der Waals surface area contributed by atoms with Gasteiger partial charge in [-0.25, -0.2) is 0 Å². The Morgan fingerprint density at radius 1 is 0.0167 bits per heavy atom. The summed E-state index contributed by atoms with van der Waals surface area (Å²) >= 11 is 0. The summed E-state index contributed by atoms with van der Waals surface area (Å²) < 4.78 is 0. The molecule has 0 bridgehead atoms. The predicted molar refractivity (Wildman–Crippen MR) is 0 cm³/mol. The molecular weight excluding hydrogens is 4660 g/mol. The first kappa shape index (κ1) is 2580. The van der Waals surface area contributed by atoms with Crippen molar-refractivity contribution >= 4 is 0 Å². The van der Waals surface area contributed by atoms with E-state index < -0.39 is 0 Å². The largest absolute Gasteiger partial charge is 2.00 e. The van der Waals surface area contributed by atoms with Gasteiger partial charge in [-0.1, -0.05) is 0 Å². The van der Waals surface area contributed by atoms with Crippen LogP contribution in [0, 0.1) is 0 Å². The molecule has 0 aliphatic rings. The van der Waals surface area contributed by atoms with Crippen molar-refractivity contribution in [2.45, 2.75) is 0 Å². The van der Waals surface area contributed by atoms with Gasteiger partial charge in [-0.2, -0.15) is 0 Å². The van der Waals surface area contributed by atoms with Gasteiger partial charge in [-0.05, 0) is 0 Å². The van der Waals surface area contributed by atoms with Crippen LogP contribution < -0.4 is 1240 Å². The maximum absolute atomic E-state index is 0. The minimum Gasteiger partial charge on any atom is -1.00 e. The molecule has 0 saturated heterocycles. The minimum absolute atomic E-state index is 0. The van der Waals surface area contributed by atoms with Crippen LogP contribution in [0.5, 0.6) is 0 Å². The van der Waals surface area contributed by atoms with Crippen LogP contribution in [0.1, 0.15) is 0 Å². The van der Waals surface area contributed by atoms with Gasteiger partial charge >= 0.3 is 341 Å². The van der Waals surface area contributed by atoms with Crippen molar-refractivity contribution in [2.24, 2.45) is 0 Å². The Hall–Kier alpha value is 39.4. The molecule has 0 saturated carbocycles. The van der Waals surface area contributed by atoms with E-state index in [1.165, 1.54) is 0 Å². The van der Waals surface area contributed by atoms with Gasteiger partial charge in [0, 0.05) is 0 Å². The van der Waals surface area contributed by atoms with Gasteiger partial charge in [0.15, 0.2) is 0 Å². The Morgan fingerprint density at radius 3 is 0.0167 bits per heavy atom. The van der Waals surface area contributed by atoms with Gasteiger partial charge < -0.3 is 1240 Å². The van der Waals surface area contributed by atoms with E-state index >= 15 is 0 Å². The summed E-state index contributed by atoms with van der Waals surface area (Å²) in [5, 5.41) is 0. The van der Waals surface area contributed by atoms with Gasteiger partial charge in [0.05, 0.1) is 0 Å². The molecule has 0 atom stereocenters. The summed E-state index contributed by atoms with van der Waals surface area (Å²) in [6, 6.07) is 0. The van der Waals surface area contributed by atoms with Gasteiger partial charge in [0.25, 0.3) is 0 Å². The predicted octanol–water partition coefficient (Wildman–Crippen LogP) is -300. The fourth-order valence-electron chi connectivity index (χ4n) is 0. The fraction of sp³-hybridized carbons (Fsp3) is 0. The van der Waals surface area contributed by atoms with Crippen LogP contribution in [-0.2, 0) is 341 Å². The maximum atomic E-state index is 0. The van der Waals surface area contributed by atoms with E-state index in [2.05, 4.69) is 0 Å². The molecular formula is Cl100Fe20-60. The zero-order valence-corrected chi connectivity index (χ0v) is 143. The zero-order valence-electron chi connectivity index (χ0n) is 44.9. The third-order valence-corrected chi connectivity index (χ3v) is 0. The number of rotatable bonds is 0. The van der Waals surface area contributed by atoms with E-state index in [0.29, 0.717) is 0 Å². The molecule has 0 aromatic rings. The van der Waals surface area contributed by atoms with E-state index in [0.717, 1.165) is 0 Å². The Labute approximate surface area is 1550 Å². The van der Waals surface area contributed by atoms with Crippen molar-refractivity contribution in [2.75, 3.05) is 0 Å². The molecule has 0 amide bonds. The molecule has 0 nitrogen and oxygen atoms in total. The van der Waals surface area contributed by atoms with Gasteiger partial charge in [-0.3, -0.25) is 0 Å². The van der Waals surface area contributed by atoms with Crippen LogP contribution in [0.25, 0.3) is 0 Å². The summed E-state index contributed by atoms with van der Waals surface area (Å²) in [5.74, 6) is 0. The SMILES string of the molecule is [Cl-].[Cl-].[Cl-].[Cl-].[Cl-].[Cl-].[Cl-].[Cl-].[Cl-].[Cl-].[Cl-].[Cl-].[Cl-].[Cl-].[Cl-].[Cl-].[Cl-].[Cl-].[Cl-].[Cl-].[Cl-].[Cl-].[Cl-].[Cl-].[Cl-].[Cl-].[Cl-].[Cl-].[Cl-].[Cl-].[Cl-].[Cl-].[Cl-].[Cl-].[Cl-].[Cl-].[Cl-].[Cl-].[Cl-].[Cl-].[Cl-].[Cl-].[Cl-].[Cl-].[Cl-].[Cl-].[Cl-].[Cl-].[Cl-].[Cl-].[Cl-].[Cl-].[Cl-].[Cl-].[Cl-].[Cl-].[Cl-].[Cl-].[Cl-].[Cl-].[Cl-].[Cl-].[Cl-].[Cl-].[Cl-].[Cl-].[Cl-].[Cl-].[Cl-].[Cl-].[Cl-].[Cl-].[Cl-].[Cl-].[Cl-].[Cl-].[Cl-].[Cl-].[Cl-].[Cl-].[Cl-].[Cl-].[Cl-].[Cl-].[Cl-].[Cl-].[Cl-].[Cl-].[Cl-].[Cl-].[Cl-].[Cl-].[Cl-].[Cl-].[Cl-].[Cl-].[Cl-].[Cl-].[Cl-].[Cl-].[Fe+2].[Fe+2].[Fe+2].[Fe+2].[Fe+2].[Fe+2].[Fe+2].[Fe+2].[Fe+2].[Fe+2].[Fe+2].[Fe+2].[Fe+2].[Fe+2].[Fe+2].[Fe+2].[Fe+2].[Fe+2].[Fe+2].[Fe+2]. The third kappa shape index (κ3) is 2480. The first-order valence-corrected chi connectivity index (χ1v) is 0. The molecule has 920 valence electrons. The quantitative estimate of drug-likeness (QED) is 0.212. The summed E-state index contributed by atoms with van der Waals surface area (Å²) in [7, 11) is 0. The standard InChI is InChI=1S/100ClH.20Fe/h100*1H;;;;;;;;;;;;;;;;;;;;/q;;;;;;;;;;;;;;;;;;;;;;;;;;;;;;;;;;;;;;;;;;;;;;;;;;;;;;;;;;;;;;;;;;;;;;;;;;;;;;;;;;;;;;;;;;;;;;;;;;;;20*+2/p-100. The molecule has 0 aliphatic carbocycles. The average molecular weight is 4660 g/mol. The second kappa shape index (κ2) is 2530. The molecule has 0 rings (SSSR count). The monoisotopic (exact) mass is 4620 g/mol. The fourth-order valence-corrected chi connectivity index (χ4v) is 0. The zero-order chi connectivity index (χ0) is 0. The van der Waals surface area contributed by atoms with Crippen molar-refractivity contribution in [3.8, 4) is 0 Å². The smallest absolute Gasteiger partial charge is 1.00 e. The summed E-state index contributed by atoms with van der Waals surface area (Å²) in [6.45, 7) is 0. The van der Waals surface area contributed by atoms with E-state index in [1.54, 1.807) is 0 Å². The van der Waals surface area contributed by atoms with Crippen LogP contribution in [-0.4, -0.2) is 0 Å². The van der Waals surface area contributed by atoms with E-state index in [1.807, 2.05) is 0 Å². The molecule has 0 aromatic heterocycles. The average Bonchev–Trinajstić information content (AvgIpc) is 0. The molecule has 0 heterocycles. The minimum atomic E-state index is 0. The van der Waals surface area contributed by atoms with Crippen molar-refractivity contribution in [3.63, 3.8) is 0 Å². The van der Waals surface area contributed by atoms with Crippen molar-refractivity contribution < 1.29 is 1580 Å². The number of hydrogen-bond donors (Lipinski definition) is 0. The summed E-state index contributed by atoms with van der Waals surface area (Å²) in [4.78, 5) is 0. The van der Waals surface area contributed by atoms with Crippen molar-refractivity contribution in [1.82, 2.24) is 0 Å². The molecule has 0 radical (unpaired) electrons. The molecule has 120 heteroatoms.